The molecule has 1 aliphatic carbocycles. The zero-order valence-corrected chi connectivity index (χ0v) is 13.3. The van der Waals surface area contributed by atoms with Crippen LogP contribution >= 0.6 is 0 Å². The first-order valence-corrected chi connectivity index (χ1v) is 8.74. The van der Waals surface area contributed by atoms with Crippen molar-refractivity contribution in [3.8, 4) is 0 Å². The molecule has 0 bridgehead atoms. The Hall–Kier alpha value is -0.860. The van der Waals surface area contributed by atoms with Gasteiger partial charge in [0.15, 0.2) is 0 Å². The maximum Gasteiger partial charge on any atom is 0.0697 e. The predicted molar refractivity (Wildman–Crippen MR) is 87.6 cm³/mol. The van der Waals surface area contributed by atoms with Crippen molar-refractivity contribution in [2.45, 2.75) is 69.4 Å². The molecule has 0 radical (unpaired) electrons. The third kappa shape index (κ3) is 3.67. The van der Waals surface area contributed by atoms with Gasteiger partial charge in [-0.05, 0) is 63.0 Å². The van der Waals surface area contributed by atoms with E-state index in [0.717, 1.165) is 19.1 Å². The summed E-state index contributed by atoms with van der Waals surface area (Å²) >= 11 is 0. The minimum atomic E-state index is 0.176. The van der Waals surface area contributed by atoms with Crippen molar-refractivity contribution in [3.63, 3.8) is 0 Å². The molecule has 1 saturated heterocycles. The van der Waals surface area contributed by atoms with Gasteiger partial charge in [0.25, 0.3) is 0 Å². The van der Waals surface area contributed by atoms with Crippen molar-refractivity contribution in [2.75, 3.05) is 13.2 Å². The average Bonchev–Trinajstić information content (AvgIpc) is 2.55. The van der Waals surface area contributed by atoms with Crippen LogP contribution in [0.15, 0.2) is 30.3 Å². The maximum atomic E-state index is 6.26. The molecule has 1 aliphatic heterocycles. The topological polar surface area (TPSA) is 21.3 Å². The van der Waals surface area contributed by atoms with E-state index >= 15 is 0 Å². The van der Waals surface area contributed by atoms with Crippen LogP contribution in [0, 0.1) is 0 Å². The molecule has 3 rings (SSSR count). The van der Waals surface area contributed by atoms with Gasteiger partial charge in [-0.25, -0.2) is 0 Å². The van der Waals surface area contributed by atoms with Gasteiger partial charge in [0.05, 0.1) is 5.60 Å². The lowest BCUT2D eigenvalue weighted by molar-refractivity contribution is -0.111. The molecule has 1 unspecified atom stereocenters. The lowest BCUT2D eigenvalue weighted by Gasteiger charge is -2.45. The van der Waals surface area contributed by atoms with Gasteiger partial charge in [-0.1, -0.05) is 37.3 Å². The summed E-state index contributed by atoms with van der Waals surface area (Å²) in [6, 6.07) is 11.7. The summed E-state index contributed by atoms with van der Waals surface area (Å²) in [7, 11) is 0. The molecule has 2 nitrogen and oxygen atoms in total. The Labute approximate surface area is 129 Å². The fourth-order valence-corrected chi connectivity index (χ4v) is 4.10. The highest BCUT2D eigenvalue weighted by molar-refractivity contribution is 5.20. The standard InChI is InChI=1S/C19H29NO/c1-2-13-20-18-10-14-21-19(15-18)11-8-17(9-12-19)16-6-4-3-5-7-16/h3-7,17-18,20H,2,8-15H2,1H3. The molecule has 1 aromatic rings. The number of ether oxygens (including phenoxy) is 1. The minimum absolute atomic E-state index is 0.176. The Morgan fingerprint density at radius 1 is 1.14 bits per heavy atom. The summed E-state index contributed by atoms with van der Waals surface area (Å²) in [4.78, 5) is 0. The molecule has 1 atom stereocenters. The molecule has 1 spiro atoms. The second-order valence-corrected chi connectivity index (χ2v) is 6.86. The first kappa shape index (κ1) is 15.1. The van der Waals surface area contributed by atoms with Crippen LogP contribution in [0.2, 0.25) is 0 Å². The predicted octanol–water partition coefficient (Wildman–Crippen LogP) is 4.26. The van der Waals surface area contributed by atoms with Gasteiger partial charge < -0.3 is 10.1 Å². The lowest BCUT2D eigenvalue weighted by Crippen LogP contribution is -2.48. The van der Waals surface area contributed by atoms with E-state index in [4.69, 9.17) is 4.74 Å². The van der Waals surface area contributed by atoms with Crippen LogP contribution < -0.4 is 5.32 Å². The summed E-state index contributed by atoms with van der Waals surface area (Å²) in [5, 5.41) is 3.71. The van der Waals surface area contributed by atoms with Crippen molar-refractivity contribution in [1.29, 1.82) is 0 Å². The molecule has 1 aromatic carbocycles. The quantitative estimate of drug-likeness (QED) is 0.893. The SMILES string of the molecule is CCCNC1CCOC2(CCC(c3ccccc3)CC2)C1. The Morgan fingerprint density at radius 3 is 2.62 bits per heavy atom. The molecular formula is C19H29NO. The molecule has 1 saturated carbocycles. The second kappa shape index (κ2) is 6.93. The van der Waals surface area contributed by atoms with E-state index in [1.165, 1.54) is 50.5 Å². The molecule has 0 amide bonds. The summed E-state index contributed by atoms with van der Waals surface area (Å²) < 4.78 is 6.26. The van der Waals surface area contributed by atoms with Crippen LogP contribution in [0.4, 0.5) is 0 Å². The van der Waals surface area contributed by atoms with Gasteiger partial charge >= 0.3 is 0 Å². The fraction of sp³-hybridized carbons (Fsp3) is 0.684. The Balaban J connectivity index is 1.56. The van der Waals surface area contributed by atoms with E-state index in [9.17, 15) is 0 Å². The molecule has 0 aromatic heterocycles. The normalized spacial score (nSPS) is 33.2. The molecular weight excluding hydrogens is 258 g/mol. The van der Waals surface area contributed by atoms with Gasteiger partial charge in [-0.3, -0.25) is 0 Å². The highest BCUT2D eigenvalue weighted by atomic mass is 16.5. The van der Waals surface area contributed by atoms with E-state index in [2.05, 4.69) is 42.6 Å². The molecule has 21 heavy (non-hydrogen) atoms. The van der Waals surface area contributed by atoms with E-state index in [1.807, 2.05) is 0 Å². The van der Waals surface area contributed by atoms with Crippen molar-refractivity contribution in [1.82, 2.24) is 5.32 Å². The number of nitrogens with one attached hydrogen (secondary N) is 1. The third-order valence-electron chi connectivity index (χ3n) is 5.34. The van der Waals surface area contributed by atoms with Gasteiger partial charge in [-0.15, -0.1) is 0 Å². The van der Waals surface area contributed by atoms with Crippen LogP contribution in [0.1, 0.15) is 63.4 Å². The summed E-state index contributed by atoms with van der Waals surface area (Å²) in [5.74, 6) is 0.740. The van der Waals surface area contributed by atoms with Gasteiger partial charge in [0, 0.05) is 12.6 Å². The Kier molecular flexibility index (Phi) is 4.97. The molecule has 116 valence electrons. The maximum absolute atomic E-state index is 6.26. The first-order chi connectivity index (χ1) is 10.3. The van der Waals surface area contributed by atoms with Crippen LogP contribution in [-0.4, -0.2) is 24.8 Å². The zero-order valence-electron chi connectivity index (χ0n) is 13.3. The summed E-state index contributed by atoms with van der Waals surface area (Å²) in [6.45, 7) is 4.33. The number of hydrogen-bond acceptors (Lipinski definition) is 2. The van der Waals surface area contributed by atoms with E-state index in [-0.39, 0.29) is 5.60 Å². The molecule has 1 N–H and O–H groups in total. The van der Waals surface area contributed by atoms with Crippen LogP contribution in [-0.2, 0) is 4.74 Å². The number of hydrogen-bond donors (Lipinski definition) is 1. The van der Waals surface area contributed by atoms with Gasteiger partial charge in [0.2, 0.25) is 0 Å². The number of rotatable bonds is 4. The monoisotopic (exact) mass is 287 g/mol. The van der Waals surface area contributed by atoms with Crippen molar-refractivity contribution in [3.05, 3.63) is 35.9 Å². The Bertz CT molecular complexity index is 422. The van der Waals surface area contributed by atoms with Gasteiger partial charge in [-0.2, -0.15) is 0 Å². The highest BCUT2D eigenvalue weighted by Gasteiger charge is 2.40. The van der Waals surface area contributed by atoms with Crippen molar-refractivity contribution >= 4 is 0 Å². The zero-order chi connectivity index (χ0) is 14.5. The smallest absolute Gasteiger partial charge is 0.0697 e. The van der Waals surface area contributed by atoms with Gasteiger partial charge in [0.1, 0.15) is 0 Å². The van der Waals surface area contributed by atoms with Crippen LogP contribution in [0.5, 0.6) is 0 Å². The highest BCUT2D eigenvalue weighted by Crippen LogP contribution is 2.44. The van der Waals surface area contributed by atoms with Crippen LogP contribution in [0.3, 0.4) is 0 Å². The van der Waals surface area contributed by atoms with Crippen molar-refractivity contribution in [2.24, 2.45) is 0 Å². The number of benzene rings is 1. The molecule has 1 heterocycles. The molecule has 2 fully saturated rings. The molecule has 2 heteroatoms. The average molecular weight is 287 g/mol. The van der Waals surface area contributed by atoms with E-state index in [1.54, 1.807) is 0 Å². The van der Waals surface area contributed by atoms with Crippen LogP contribution in [0.25, 0.3) is 0 Å². The third-order valence-corrected chi connectivity index (χ3v) is 5.34. The van der Waals surface area contributed by atoms with Crippen molar-refractivity contribution < 1.29 is 4.74 Å². The van der Waals surface area contributed by atoms with E-state index < -0.39 is 0 Å². The minimum Gasteiger partial charge on any atom is -0.375 e. The second-order valence-electron chi connectivity index (χ2n) is 6.86. The Morgan fingerprint density at radius 2 is 1.90 bits per heavy atom. The fourth-order valence-electron chi connectivity index (χ4n) is 4.10. The lowest BCUT2D eigenvalue weighted by atomic mass is 9.72. The summed E-state index contributed by atoms with van der Waals surface area (Å²) in [5.41, 5.74) is 1.69. The largest absolute Gasteiger partial charge is 0.375 e. The molecule has 2 aliphatic rings. The first-order valence-electron chi connectivity index (χ1n) is 8.74. The van der Waals surface area contributed by atoms with E-state index in [0.29, 0.717) is 6.04 Å². The summed E-state index contributed by atoms with van der Waals surface area (Å²) in [6.07, 6.45) is 8.65.